The lowest BCUT2D eigenvalue weighted by Crippen LogP contribution is -1.99. The summed E-state index contributed by atoms with van der Waals surface area (Å²) < 4.78 is 17.2. The molecule has 12 heteroatoms. The molecule has 25 aromatic rings. The number of rotatable bonds is 7. The van der Waals surface area contributed by atoms with Crippen molar-refractivity contribution in [1.82, 2.24) is 38.2 Å². The van der Waals surface area contributed by atoms with Gasteiger partial charge in [-0.1, -0.05) is 212 Å². The molecule has 0 aliphatic rings. The van der Waals surface area contributed by atoms with Gasteiger partial charge in [0.2, 0.25) is 0 Å². The van der Waals surface area contributed by atoms with Crippen LogP contribution in [0.25, 0.3) is 225 Å². The zero-order valence-corrected chi connectivity index (χ0v) is 61.8. The van der Waals surface area contributed by atoms with Crippen molar-refractivity contribution >= 4 is 214 Å². The lowest BCUT2D eigenvalue weighted by molar-refractivity contribution is 1.08. The van der Waals surface area contributed by atoms with Gasteiger partial charge in [-0.25, -0.2) is 15.0 Å². The summed E-state index contributed by atoms with van der Waals surface area (Å²) in [4.78, 5) is 22.9. The van der Waals surface area contributed by atoms with E-state index in [1.807, 2.05) is 35.1 Å². The number of fused-ring (bicyclic) bond motifs is 24. The summed E-state index contributed by atoms with van der Waals surface area (Å²) in [6.45, 7) is 0. The first-order valence-electron chi connectivity index (χ1n) is 36.9. The van der Waals surface area contributed by atoms with Gasteiger partial charge in [0.25, 0.3) is 0 Å². The quantitative estimate of drug-likeness (QED) is 0.159. The summed E-state index contributed by atoms with van der Waals surface area (Å²) in [5.74, 6) is 0.803. The second kappa shape index (κ2) is 24.0. The van der Waals surface area contributed by atoms with Crippen molar-refractivity contribution in [3.05, 3.63) is 340 Å². The van der Waals surface area contributed by atoms with Crippen molar-refractivity contribution in [2.75, 3.05) is 0 Å². The van der Waals surface area contributed by atoms with Crippen LogP contribution in [0.15, 0.2) is 340 Å². The summed E-state index contributed by atoms with van der Waals surface area (Å²) in [5.41, 5.74) is 21.4. The molecule has 0 amide bonds. The maximum atomic E-state index is 5.45. The van der Waals surface area contributed by atoms with Crippen LogP contribution in [0, 0.1) is 0 Å². The van der Waals surface area contributed by atoms with Gasteiger partial charge in [-0.3, -0.25) is 9.55 Å². The Kier molecular flexibility index (Phi) is 13.5. The van der Waals surface area contributed by atoms with Gasteiger partial charge in [0.15, 0.2) is 5.82 Å². The Hall–Kier alpha value is -13.5. The molecule has 25 rings (SSSR count). The molecule has 110 heavy (non-hydrogen) atoms. The van der Waals surface area contributed by atoms with E-state index in [1.165, 1.54) is 138 Å². The molecule has 15 aromatic carbocycles. The fourth-order valence-corrected chi connectivity index (χ4v) is 22.1. The maximum Gasteiger partial charge on any atom is 0.157 e. The van der Waals surface area contributed by atoms with Crippen molar-refractivity contribution in [3.63, 3.8) is 0 Å². The summed E-state index contributed by atoms with van der Waals surface area (Å²) in [5, 5.41) is 17.4. The van der Waals surface area contributed by atoms with Gasteiger partial charge < -0.3 is 13.7 Å². The highest BCUT2D eigenvalue weighted by atomic mass is 32.1. The zero-order valence-electron chi connectivity index (χ0n) is 58.5. The average molecular weight is 1470 g/mol. The maximum absolute atomic E-state index is 5.45. The van der Waals surface area contributed by atoms with Gasteiger partial charge in [0.1, 0.15) is 20.7 Å². The number of aromatic nitrogens is 8. The molecule has 512 valence electrons. The molecule has 8 nitrogen and oxygen atoms in total. The van der Waals surface area contributed by atoms with Gasteiger partial charge in [-0.2, -0.15) is 0 Å². The van der Waals surface area contributed by atoms with Crippen LogP contribution in [0.3, 0.4) is 0 Å². The number of nitrogens with zero attached hydrogens (tertiary/aromatic N) is 8. The molecule has 0 N–H and O–H groups in total. The van der Waals surface area contributed by atoms with E-state index in [4.69, 9.17) is 19.9 Å². The lowest BCUT2D eigenvalue weighted by Gasteiger charge is -2.10. The van der Waals surface area contributed by atoms with E-state index in [-0.39, 0.29) is 0 Å². The Morgan fingerprint density at radius 1 is 0.227 bits per heavy atom. The van der Waals surface area contributed by atoms with Gasteiger partial charge in [0.05, 0.1) is 62.2 Å². The molecule has 0 saturated carbocycles. The van der Waals surface area contributed by atoms with E-state index in [1.54, 1.807) is 22.7 Å². The first-order valence-corrected chi connectivity index (χ1v) is 40.2. The molecule has 0 spiro atoms. The van der Waals surface area contributed by atoms with Crippen LogP contribution in [0.4, 0.5) is 0 Å². The lowest BCUT2D eigenvalue weighted by atomic mass is 9.99. The fourth-order valence-electron chi connectivity index (χ4n) is 17.6. The van der Waals surface area contributed by atoms with Gasteiger partial charge in [-0.15, -0.1) is 45.3 Å². The van der Waals surface area contributed by atoms with E-state index in [2.05, 4.69) is 346 Å². The monoisotopic (exact) mass is 1470 g/mol. The molecular weight excluding hydrogens is 1420 g/mol. The third-order valence-corrected chi connectivity index (χ3v) is 26.9. The summed E-state index contributed by atoms with van der Waals surface area (Å²) in [6.07, 6.45) is 3.91. The van der Waals surface area contributed by atoms with Gasteiger partial charge >= 0.3 is 0 Å². The fraction of sp³-hybridized carbons (Fsp3) is 0. The summed E-state index contributed by atoms with van der Waals surface area (Å²) in [6, 6.07) is 119. The van der Waals surface area contributed by atoms with E-state index in [0.717, 1.165) is 87.0 Å². The second-order valence-electron chi connectivity index (χ2n) is 28.4. The van der Waals surface area contributed by atoms with Crippen LogP contribution in [-0.4, -0.2) is 38.2 Å². The third-order valence-electron chi connectivity index (χ3n) is 22.4. The van der Waals surface area contributed by atoms with Crippen LogP contribution >= 0.6 is 45.3 Å². The molecular formula is C98H56N8S4. The number of benzene rings is 15. The van der Waals surface area contributed by atoms with Crippen molar-refractivity contribution in [2.45, 2.75) is 0 Å². The van der Waals surface area contributed by atoms with Crippen LogP contribution in [0.2, 0.25) is 0 Å². The minimum Gasteiger partial charge on any atom is -0.309 e. The zero-order chi connectivity index (χ0) is 71.8. The minimum absolute atomic E-state index is 0.803. The van der Waals surface area contributed by atoms with Crippen molar-refractivity contribution in [1.29, 1.82) is 0 Å². The molecule has 0 saturated heterocycles. The normalized spacial score (nSPS) is 12.2. The highest BCUT2D eigenvalue weighted by Gasteiger charge is 2.25. The van der Waals surface area contributed by atoms with E-state index >= 15 is 0 Å². The molecule has 0 unspecified atom stereocenters. The van der Waals surface area contributed by atoms with Gasteiger partial charge in [-0.05, 0) is 132 Å². The Morgan fingerprint density at radius 3 is 1.25 bits per heavy atom. The van der Waals surface area contributed by atoms with Crippen LogP contribution in [0.1, 0.15) is 0 Å². The minimum atomic E-state index is 0.803. The van der Waals surface area contributed by atoms with E-state index < -0.39 is 0 Å². The molecule has 0 aliphatic heterocycles. The average Bonchev–Trinajstić information content (AvgIpc) is 1.56. The Balaban J connectivity index is 0.000000138. The topological polar surface area (TPSA) is 71.3 Å². The molecule has 0 fully saturated rings. The first-order chi connectivity index (χ1) is 54.5. The molecule has 10 aromatic heterocycles. The van der Waals surface area contributed by atoms with Crippen molar-refractivity contribution in [2.24, 2.45) is 0 Å². The number of thiophene rings is 4. The van der Waals surface area contributed by atoms with Crippen LogP contribution in [0.5, 0.6) is 0 Å². The largest absolute Gasteiger partial charge is 0.309 e. The highest BCUT2D eigenvalue weighted by molar-refractivity contribution is 7.27. The predicted octanol–water partition coefficient (Wildman–Crippen LogP) is 27.8. The summed E-state index contributed by atoms with van der Waals surface area (Å²) >= 11 is 7.16. The number of hydrogen-bond donors (Lipinski definition) is 0. The smallest absolute Gasteiger partial charge is 0.157 e. The Labute approximate surface area is 643 Å². The van der Waals surface area contributed by atoms with Crippen LogP contribution < -0.4 is 0 Å². The molecule has 10 heterocycles. The molecule has 0 bridgehead atoms. The Bertz CT molecular complexity index is 8190. The number of hydrogen-bond acceptors (Lipinski definition) is 8. The highest BCUT2D eigenvalue weighted by Crippen LogP contribution is 2.48. The second-order valence-corrected chi connectivity index (χ2v) is 32.5. The van der Waals surface area contributed by atoms with E-state index in [9.17, 15) is 0 Å². The predicted molar refractivity (Wildman–Crippen MR) is 469 cm³/mol. The van der Waals surface area contributed by atoms with Crippen LogP contribution in [-0.2, 0) is 0 Å². The van der Waals surface area contributed by atoms with E-state index in [0.29, 0.717) is 0 Å². The molecule has 0 aliphatic carbocycles. The first kappa shape index (κ1) is 61.7. The van der Waals surface area contributed by atoms with Gasteiger partial charge in [0, 0.05) is 132 Å². The standard InChI is InChI=1S/C58H34N6S.C40H22N2S3/c1-3-15-35(16-4-1)61-47-23-11-7-19-38(47)42-30-44-40-21-9-13-25-49(40)63(53(44)32-51(42)61)37-27-28-55-46(29-37)57-58(65-55)60-56(34-59-57)64-50-26-14-10-22-41(50)45-31-43-39-20-8-12-24-48(39)62(52(43)33-54(45)64)36-17-5-2-6-18-36;1-3-18-33-26(11-1)29-15-6-13-25(38(29)43-33)23-9-5-10-24(21-23)32-22-41-37-36-28(14-8-20-35(36)45-40(37)42-32)31-17-7-16-30-27-12-2-4-19-34(27)44-39(30)31/h1-34H;1-22H. The third kappa shape index (κ3) is 9.22. The Morgan fingerprint density at radius 2 is 0.655 bits per heavy atom. The SMILES string of the molecule is c1cc(-c2cnc3c(n2)sc2cccc(-c4cccc5c4sc4ccccc45)c23)cc(-c2cccc3c2sc2ccccc23)c1.c1ccc(-n2c3ccccc3c3cc4c5ccccc5n(-c5ccc6sc7nc(-n8c9ccccc9c9cc%10c%11ccccc%11n(-c%11ccccc%11)c%10cc98)cnc7c6c5)c4cc32)cc1. The van der Waals surface area contributed by atoms with Crippen molar-refractivity contribution in [3.8, 4) is 56.4 Å². The molecule has 0 atom stereocenters. The van der Waals surface area contributed by atoms with Crippen molar-refractivity contribution < 1.29 is 0 Å². The summed E-state index contributed by atoms with van der Waals surface area (Å²) in [7, 11) is 0. The molecule has 0 radical (unpaired) electrons. The number of para-hydroxylation sites is 6.